The van der Waals surface area contributed by atoms with Crippen molar-refractivity contribution in [3.63, 3.8) is 0 Å². The van der Waals surface area contributed by atoms with Crippen molar-refractivity contribution in [3.8, 4) is 5.75 Å². The van der Waals surface area contributed by atoms with E-state index in [0.717, 1.165) is 6.42 Å². The van der Waals surface area contributed by atoms with Crippen molar-refractivity contribution in [1.29, 1.82) is 0 Å². The summed E-state index contributed by atoms with van der Waals surface area (Å²) in [7, 11) is 1.52. The van der Waals surface area contributed by atoms with Crippen LogP contribution in [0, 0.1) is 0 Å². The van der Waals surface area contributed by atoms with Crippen LogP contribution in [0.1, 0.15) is 30.6 Å². The van der Waals surface area contributed by atoms with E-state index in [0.29, 0.717) is 17.0 Å². The molecule has 1 amide bonds. The molecule has 1 aromatic rings. The van der Waals surface area contributed by atoms with Crippen molar-refractivity contribution in [3.05, 3.63) is 23.8 Å². The molecule has 0 bridgehead atoms. The van der Waals surface area contributed by atoms with Crippen molar-refractivity contribution < 1.29 is 9.53 Å². The van der Waals surface area contributed by atoms with E-state index in [1.54, 1.807) is 18.2 Å². The number of ether oxygens (including phenoxy) is 1. The molecular weight excluding hydrogens is 204 g/mol. The predicted octanol–water partition coefficient (Wildman–Crippen LogP) is 1.81. The van der Waals surface area contributed by atoms with Gasteiger partial charge in [-0.15, -0.1) is 0 Å². The van der Waals surface area contributed by atoms with Crippen LogP contribution in [-0.2, 0) is 0 Å². The van der Waals surface area contributed by atoms with Crippen LogP contribution in [0.3, 0.4) is 0 Å². The molecule has 1 aromatic carbocycles. The first-order chi connectivity index (χ1) is 7.60. The fraction of sp³-hybridized carbons (Fsp3) is 0.417. The summed E-state index contributed by atoms with van der Waals surface area (Å²) >= 11 is 0. The topological polar surface area (TPSA) is 64.4 Å². The van der Waals surface area contributed by atoms with Gasteiger partial charge in [0.15, 0.2) is 0 Å². The first-order valence-corrected chi connectivity index (χ1v) is 5.33. The number of nitrogens with one attached hydrogen (secondary N) is 1. The fourth-order valence-corrected chi connectivity index (χ4v) is 1.36. The zero-order valence-electron chi connectivity index (χ0n) is 9.91. The van der Waals surface area contributed by atoms with Crippen LogP contribution in [0.15, 0.2) is 18.2 Å². The second-order valence-corrected chi connectivity index (χ2v) is 3.71. The van der Waals surface area contributed by atoms with Crippen molar-refractivity contribution in [1.82, 2.24) is 5.32 Å². The number of anilines is 1. The van der Waals surface area contributed by atoms with Gasteiger partial charge in [0.05, 0.1) is 7.11 Å². The first-order valence-electron chi connectivity index (χ1n) is 5.33. The molecule has 0 fully saturated rings. The van der Waals surface area contributed by atoms with Gasteiger partial charge in [-0.2, -0.15) is 0 Å². The quantitative estimate of drug-likeness (QED) is 0.763. The van der Waals surface area contributed by atoms with Crippen LogP contribution in [0.4, 0.5) is 5.69 Å². The first kappa shape index (κ1) is 12.4. The second-order valence-electron chi connectivity index (χ2n) is 3.71. The Hall–Kier alpha value is -1.71. The smallest absolute Gasteiger partial charge is 0.257 e. The molecule has 0 saturated heterocycles. The lowest BCUT2D eigenvalue weighted by molar-refractivity contribution is 0.0937. The maximum atomic E-state index is 11.9. The van der Waals surface area contributed by atoms with Crippen LogP contribution in [0.2, 0.25) is 0 Å². The Morgan fingerprint density at radius 2 is 2.25 bits per heavy atom. The van der Waals surface area contributed by atoms with E-state index in [2.05, 4.69) is 5.32 Å². The Balaban J connectivity index is 2.98. The molecule has 1 rings (SSSR count). The number of nitrogens with two attached hydrogens (primary N) is 1. The molecule has 0 radical (unpaired) electrons. The lowest BCUT2D eigenvalue weighted by atomic mass is 10.1. The van der Waals surface area contributed by atoms with Crippen LogP contribution in [0.25, 0.3) is 0 Å². The number of hydrogen-bond acceptors (Lipinski definition) is 3. The van der Waals surface area contributed by atoms with E-state index < -0.39 is 0 Å². The van der Waals surface area contributed by atoms with Crippen molar-refractivity contribution in [2.24, 2.45) is 0 Å². The van der Waals surface area contributed by atoms with E-state index in [1.807, 2.05) is 13.8 Å². The lowest BCUT2D eigenvalue weighted by Crippen LogP contribution is -2.32. The summed E-state index contributed by atoms with van der Waals surface area (Å²) in [6.07, 6.45) is 0.876. The van der Waals surface area contributed by atoms with Crippen LogP contribution in [-0.4, -0.2) is 19.1 Å². The molecule has 0 saturated carbocycles. The van der Waals surface area contributed by atoms with Gasteiger partial charge in [0, 0.05) is 11.7 Å². The number of methoxy groups -OCH3 is 1. The number of nitrogen functional groups attached to an aromatic ring is 1. The van der Waals surface area contributed by atoms with Gasteiger partial charge in [0.25, 0.3) is 5.91 Å². The minimum atomic E-state index is -0.190. The molecule has 0 aliphatic heterocycles. The Morgan fingerprint density at radius 3 is 2.81 bits per heavy atom. The Bertz CT molecular complexity index is 377. The summed E-state index contributed by atoms with van der Waals surface area (Å²) in [5, 5.41) is 2.86. The summed E-state index contributed by atoms with van der Waals surface area (Å²) in [5.74, 6) is 0.310. The highest BCUT2D eigenvalue weighted by atomic mass is 16.5. The summed E-state index contributed by atoms with van der Waals surface area (Å²) < 4.78 is 5.12. The van der Waals surface area contributed by atoms with Crippen molar-refractivity contribution in [2.75, 3.05) is 12.8 Å². The molecule has 0 heterocycles. The van der Waals surface area contributed by atoms with Gasteiger partial charge in [-0.3, -0.25) is 4.79 Å². The molecule has 0 aromatic heterocycles. The number of carbonyl (C=O) groups excluding carboxylic acids is 1. The van der Waals surface area contributed by atoms with Crippen molar-refractivity contribution in [2.45, 2.75) is 26.3 Å². The van der Waals surface area contributed by atoms with Gasteiger partial charge < -0.3 is 15.8 Å². The molecule has 0 aliphatic rings. The summed E-state index contributed by atoms with van der Waals surface area (Å²) in [6.45, 7) is 3.96. The summed E-state index contributed by atoms with van der Waals surface area (Å²) in [4.78, 5) is 11.9. The minimum Gasteiger partial charge on any atom is -0.496 e. The van der Waals surface area contributed by atoms with Crippen LogP contribution < -0.4 is 15.8 Å². The Kier molecular flexibility index (Phi) is 4.17. The zero-order chi connectivity index (χ0) is 12.1. The van der Waals surface area contributed by atoms with E-state index in [1.165, 1.54) is 7.11 Å². The molecular formula is C12H18N2O2. The Morgan fingerprint density at radius 1 is 1.56 bits per heavy atom. The highest BCUT2D eigenvalue weighted by Gasteiger charge is 2.16. The minimum absolute atomic E-state index is 0.122. The molecule has 1 unspecified atom stereocenters. The standard InChI is InChI=1S/C12H18N2O2/c1-4-8(2)14-12(15)11-9(13)6-5-7-10(11)16-3/h5-8H,4,13H2,1-3H3,(H,14,15). The molecule has 0 spiro atoms. The monoisotopic (exact) mass is 222 g/mol. The van der Waals surface area contributed by atoms with Crippen LogP contribution in [0.5, 0.6) is 5.75 Å². The fourth-order valence-electron chi connectivity index (χ4n) is 1.36. The van der Waals surface area contributed by atoms with E-state index >= 15 is 0 Å². The molecule has 88 valence electrons. The van der Waals surface area contributed by atoms with Crippen molar-refractivity contribution >= 4 is 11.6 Å². The predicted molar refractivity (Wildman–Crippen MR) is 64.6 cm³/mol. The van der Waals surface area contributed by atoms with Crippen LogP contribution >= 0.6 is 0 Å². The second kappa shape index (κ2) is 5.39. The molecule has 1 atom stereocenters. The van der Waals surface area contributed by atoms with Gasteiger partial charge in [-0.25, -0.2) is 0 Å². The molecule has 16 heavy (non-hydrogen) atoms. The molecule has 4 nitrogen and oxygen atoms in total. The summed E-state index contributed by atoms with van der Waals surface area (Å²) in [5.41, 5.74) is 6.61. The SMILES string of the molecule is CCC(C)NC(=O)c1c(N)cccc1OC. The number of hydrogen-bond donors (Lipinski definition) is 2. The number of amides is 1. The number of rotatable bonds is 4. The maximum Gasteiger partial charge on any atom is 0.257 e. The molecule has 4 heteroatoms. The normalized spacial score (nSPS) is 11.9. The lowest BCUT2D eigenvalue weighted by Gasteiger charge is -2.14. The van der Waals surface area contributed by atoms with Gasteiger partial charge in [0.2, 0.25) is 0 Å². The summed E-state index contributed by atoms with van der Waals surface area (Å²) in [6, 6.07) is 5.29. The van der Waals surface area contributed by atoms with E-state index in [4.69, 9.17) is 10.5 Å². The average molecular weight is 222 g/mol. The average Bonchev–Trinajstić information content (AvgIpc) is 2.28. The highest BCUT2D eigenvalue weighted by Crippen LogP contribution is 2.23. The molecule has 0 aliphatic carbocycles. The number of benzene rings is 1. The number of carbonyl (C=O) groups is 1. The van der Waals surface area contributed by atoms with E-state index in [-0.39, 0.29) is 11.9 Å². The van der Waals surface area contributed by atoms with E-state index in [9.17, 15) is 4.79 Å². The largest absolute Gasteiger partial charge is 0.496 e. The highest BCUT2D eigenvalue weighted by molar-refractivity contribution is 6.02. The third kappa shape index (κ3) is 2.66. The Labute approximate surface area is 95.8 Å². The van der Waals surface area contributed by atoms with Gasteiger partial charge >= 0.3 is 0 Å². The van der Waals surface area contributed by atoms with Gasteiger partial charge in [-0.05, 0) is 25.5 Å². The maximum absolute atomic E-state index is 11.9. The third-order valence-electron chi connectivity index (χ3n) is 2.50. The zero-order valence-corrected chi connectivity index (χ0v) is 9.91. The molecule has 3 N–H and O–H groups in total. The van der Waals surface area contributed by atoms with Gasteiger partial charge in [0.1, 0.15) is 11.3 Å². The third-order valence-corrected chi connectivity index (χ3v) is 2.50. The van der Waals surface area contributed by atoms with Gasteiger partial charge in [-0.1, -0.05) is 13.0 Å².